The third-order valence-corrected chi connectivity index (χ3v) is 8.63. The number of para-hydroxylation sites is 1. The molecule has 3 aromatic rings. The highest BCUT2D eigenvalue weighted by atomic mass is 16.3. The maximum absolute atomic E-state index is 11.0. The van der Waals surface area contributed by atoms with Crippen LogP contribution in [0.1, 0.15) is 121 Å². The van der Waals surface area contributed by atoms with Gasteiger partial charge in [0.05, 0.1) is 0 Å². The van der Waals surface area contributed by atoms with Gasteiger partial charge < -0.3 is 5.11 Å². The summed E-state index contributed by atoms with van der Waals surface area (Å²) in [5.74, 6) is 1.80. The Morgan fingerprint density at radius 1 is 0.588 bits per heavy atom. The molecule has 1 N–H and O–H groups in total. The molecule has 1 nitrogen and oxygen atoms in total. The molecule has 0 amide bonds. The zero-order valence-corrected chi connectivity index (χ0v) is 21.0. The van der Waals surface area contributed by atoms with Crippen molar-refractivity contribution in [3.8, 4) is 5.75 Å². The van der Waals surface area contributed by atoms with E-state index in [9.17, 15) is 5.11 Å². The summed E-state index contributed by atoms with van der Waals surface area (Å²) in [6, 6.07) is 22.3. The van der Waals surface area contributed by atoms with Gasteiger partial charge in [-0.05, 0) is 90.8 Å². The van der Waals surface area contributed by atoms with Crippen molar-refractivity contribution in [2.75, 3.05) is 0 Å². The van der Waals surface area contributed by atoms with Crippen molar-refractivity contribution in [3.05, 3.63) is 99.6 Å². The molecule has 0 aromatic heterocycles. The second-order valence-corrected chi connectivity index (χ2v) is 10.9. The van der Waals surface area contributed by atoms with Crippen LogP contribution in [0.2, 0.25) is 0 Å². The quantitative estimate of drug-likeness (QED) is 0.382. The first-order valence-electron chi connectivity index (χ1n) is 13.6. The highest BCUT2D eigenvalue weighted by molar-refractivity contribution is 5.54. The number of phenolic OH excluding ortho intramolecular Hbond substituents is 1. The Hall–Kier alpha value is -2.54. The number of aryl methyl sites for hydroxylation is 2. The van der Waals surface area contributed by atoms with E-state index in [1.165, 1.54) is 97.6 Å². The lowest BCUT2D eigenvalue weighted by Gasteiger charge is -2.28. The topological polar surface area (TPSA) is 20.2 Å². The van der Waals surface area contributed by atoms with Crippen molar-refractivity contribution >= 4 is 0 Å². The second kappa shape index (κ2) is 10.4. The van der Waals surface area contributed by atoms with Crippen molar-refractivity contribution in [2.24, 2.45) is 0 Å². The Balaban J connectivity index is 1.64. The Kier molecular flexibility index (Phi) is 7.09. The van der Waals surface area contributed by atoms with Gasteiger partial charge in [0.25, 0.3) is 0 Å². The molecular weight excluding hydrogens is 412 g/mol. The summed E-state index contributed by atoms with van der Waals surface area (Å²) >= 11 is 0. The molecule has 2 aliphatic carbocycles. The number of phenols is 1. The lowest BCUT2D eigenvalue weighted by Crippen LogP contribution is -2.12. The largest absolute Gasteiger partial charge is 0.508 e. The van der Waals surface area contributed by atoms with E-state index < -0.39 is 0 Å². The van der Waals surface area contributed by atoms with Crippen LogP contribution < -0.4 is 0 Å². The highest BCUT2D eigenvalue weighted by Gasteiger charge is 2.26. The summed E-state index contributed by atoms with van der Waals surface area (Å²) in [5, 5.41) is 11.0. The average Bonchev–Trinajstić information content (AvgIpc) is 2.88. The van der Waals surface area contributed by atoms with Crippen LogP contribution in [0.4, 0.5) is 0 Å². The maximum atomic E-state index is 11.0. The van der Waals surface area contributed by atoms with Crippen LogP contribution in [0.15, 0.2) is 60.7 Å². The molecule has 0 saturated heterocycles. The van der Waals surface area contributed by atoms with Gasteiger partial charge >= 0.3 is 0 Å². The zero-order valence-electron chi connectivity index (χ0n) is 21.0. The predicted octanol–water partition coefficient (Wildman–Crippen LogP) is 9.28. The molecule has 178 valence electrons. The predicted molar refractivity (Wildman–Crippen MR) is 143 cm³/mol. The molecular formula is C33H40O. The van der Waals surface area contributed by atoms with Crippen molar-refractivity contribution in [3.63, 3.8) is 0 Å². The van der Waals surface area contributed by atoms with E-state index in [2.05, 4.69) is 62.4 Å². The van der Waals surface area contributed by atoms with Gasteiger partial charge in [-0.1, -0.05) is 93.1 Å². The summed E-state index contributed by atoms with van der Waals surface area (Å²) in [4.78, 5) is 0. The number of rotatable bonds is 5. The molecule has 0 radical (unpaired) electrons. The first-order valence-corrected chi connectivity index (χ1v) is 13.6. The van der Waals surface area contributed by atoms with Gasteiger partial charge in [-0.15, -0.1) is 0 Å². The summed E-state index contributed by atoms with van der Waals surface area (Å²) < 4.78 is 0. The summed E-state index contributed by atoms with van der Waals surface area (Å²) in [7, 11) is 0. The van der Waals surface area contributed by atoms with Crippen molar-refractivity contribution in [1.29, 1.82) is 0 Å². The van der Waals surface area contributed by atoms with Gasteiger partial charge in [0.15, 0.2) is 0 Å². The van der Waals surface area contributed by atoms with E-state index in [1.807, 2.05) is 12.1 Å². The first-order chi connectivity index (χ1) is 16.6. The van der Waals surface area contributed by atoms with E-state index in [0.717, 1.165) is 5.56 Å². The van der Waals surface area contributed by atoms with E-state index in [1.54, 1.807) is 0 Å². The van der Waals surface area contributed by atoms with Crippen molar-refractivity contribution in [1.82, 2.24) is 0 Å². The SMILES string of the molecule is Cc1ccc(C2CCCCC2)cc1C(c1cc(C2CCCCC2)ccc1C)c1ccccc1O. The summed E-state index contributed by atoms with van der Waals surface area (Å²) in [5.41, 5.74) is 9.34. The van der Waals surface area contributed by atoms with Gasteiger partial charge in [0.1, 0.15) is 5.75 Å². The molecule has 3 aromatic carbocycles. The monoisotopic (exact) mass is 452 g/mol. The molecule has 0 unspecified atom stereocenters. The lowest BCUT2D eigenvalue weighted by molar-refractivity contribution is 0.443. The van der Waals surface area contributed by atoms with Crippen LogP contribution >= 0.6 is 0 Å². The Labute approximate surface area is 206 Å². The van der Waals surface area contributed by atoms with Crippen molar-refractivity contribution in [2.45, 2.75) is 95.8 Å². The fourth-order valence-electron chi connectivity index (χ4n) is 6.55. The maximum Gasteiger partial charge on any atom is 0.119 e. The van der Waals surface area contributed by atoms with Gasteiger partial charge in [0.2, 0.25) is 0 Å². The molecule has 34 heavy (non-hydrogen) atoms. The van der Waals surface area contributed by atoms with E-state index in [-0.39, 0.29) is 5.92 Å². The van der Waals surface area contributed by atoms with Gasteiger partial charge in [-0.25, -0.2) is 0 Å². The van der Waals surface area contributed by atoms with Crippen LogP contribution in [0.5, 0.6) is 5.75 Å². The van der Waals surface area contributed by atoms with Crippen LogP contribution in [0, 0.1) is 13.8 Å². The minimum atomic E-state index is 0.0493. The van der Waals surface area contributed by atoms with Gasteiger partial charge in [0, 0.05) is 11.5 Å². The molecule has 2 aliphatic rings. The second-order valence-electron chi connectivity index (χ2n) is 10.9. The van der Waals surface area contributed by atoms with Gasteiger partial charge in [-0.2, -0.15) is 0 Å². The minimum Gasteiger partial charge on any atom is -0.508 e. The average molecular weight is 453 g/mol. The fraction of sp³-hybridized carbons (Fsp3) is 0.455. The van der Waals surface area contributed by atoms with E-state index >= 15 is 0 Å². The lowest BCUT2D eigenvalue weighted by atomic mass is 9.76. The molecule has 0 bridgehead atoms. The fourth-order valence-corrected chi connectivity index (χ4v) is 6.55. The third kappa shape index (κ3) is 4.81. The van der Waals surface area contributed by atoms with E-state index in [0.29, 0.717) is 17.6 Å². The standard InChI is InChI=1S/C33H40O/c1-23-17-19-27(25-11-5-3-6-12-25)21-30(23)33(29-15-9-10-16-32(29)34)31-22-28(20-18-24(31)2)26-13-7-4-8-14-26/h9-10,15-22,25-26,33-34H,3-8,11-14H2,1-2H3. The Morgan fingerprint density at radius 3 is 1.53 bits per heavy atom. The molecule has 2 fully saturated rings. The Bertz CT molecular complexity index is 1050. The molecule has 1 heteroatoms. The van der Waals surface area contributed by atoms with E-state index in [4.69, 9.17) is 0 Å². The molecule has 2 saturated carbocycles. The molecule has 0 aliphatic heterocycles. The van der Waals surface area contributed by atoms with Crippen LogP contribution in [0.25, 0.3) is 0 Å². The first kappa shape index (κ1) is 23.2. The minimum absolute atomic E-state index is 0.0493. The van der Waals surface area contributed by atoms with Crippen molar-refractivity contribution < 1.29 is 5.11 Å². The Morgan fingerprint density at radius 2 is 1.06 bits per heavy atom. The van der Waals surface area contributed by atoms with Gasteiger partial charge in [-0.3, -0.25) is 0 Å². The summed E-state index contributed by atoms with van der Waals surface area (Å²) in [6.45, 7) is 4.49. The molecule has 0 heterocycles. The van der Waals surface area contributed by atoms with Crippen LogP contribution in [-0.4, -0.2) is 5.11 Å². The smallest absolute Gasteiger partial charge is 0.119 e. The number of aromatic hydroxyl groups is 1. The number of hydrogen-bond donors (Lipinski definition) is 1. The summed E-state index contributed by atoms with van der Waals surface area (Å²) in [6.07, 6.45) is 13.4. The molecule has 0 spiro atoms. The third-order valence-electron chi connectivity index (χ3n) is 8.63. The van der Waals surface area contributed by atoms with Crippen LogP contribution in [-0.2, 0) is 0 Å². The molecule has 5 rings (SSSR count). The normalized spacial score (nSPS) is 17.9. The highest BCUT2D eigenvalue weighted by Crippen LogP contribution is 2.43. The zero-order chi connectivity index (χ0) is 23.5. The number of benzene rings is 3. The van der Waals surface area contributed by atoms with Crippen LogP contribution in [0.3, 0.4) is 0 Å². The number of hydrogen-bond acceptors (Lipinski definition) is 1. The molecule has 0 atom stereocenters.